The molecule has 0 fully saturated rings. The van der Waals surface area contributed by atoms with Crippen molar-refractivity contribution < 1.29 is 14.3 Å². The number of allylic oxidation sites excluding steroid dienone is 1. The van der Waals surface area contributed by atoms with E-state index < -0.39 is 0 Å². The highest BCUT2D eigenvalue weighted by molar-refractivity contribution is 5.80. The van der Waals surface area contributed by atoms with Crippen LogP contribution in [0.15, 0.2) is 29.8 Å². The van der Waals surface area contributed by atoms with E-state index in [1.54, 1.807) is 7.11 Å². The van der Waals surface area contributed by atoms with Gasteiger partial charge in [-0.15, -0.1) is 0 Å². The van der Waals surface area contributed by atoms with Crippen LogP contribution in [0.1, 0.15) is 31.2 Å². The molecule has 1 N–H and O–H groups in total. The predicted octanol–water partition coefficient (Wildman–Crippen LogP) is 2.86. The number of fused-ring (bicyclic) bond motifs is 1. The molecule has 1 amide bonds. The van der Waals surface area contributed by atoms with Crippen molar-refractivity contribution in [2.45, 2.75) is 32.1 Å². The van der Waals surface area contributed by atoms with Gasteiger partial charge in [-0.2, -0.15) is 0 Å². The number of hydrogen-bond acceptors (Lipinski definition) is 3. The summed E-state index contributed by atoms with van der Waals surface area (Å²) in [5, 5.41) is 3.06. The number of benzene rings is 1. The van der Waals surface area contributed by atoms with Gasteiger partial charge in [-0.3, -0.25) is 4.79 Å². The van der Waals surface area contributed by atoms with Crippen LogP contribution in [-0.2, 0) is 11.2 Å². The van der Waals surface area contributed by atoms with Crippen LogP contribution in [0.25, 0.3) is 0 Å². The molecule has 4 heteroatoms. The first-order chi connectivity index (χ1) is 10.8. The summed E-state index contributed by atoms with van der Waals surface area (Å²) in [6.45, 7) is 1.10. The molecule has 1 aliphatic heterocycles. The maximum atomic E-state index is 12.4. The fraction of sp³-hybridized carbons (Fsp3) is 0.500. The molecule has 1 aromatic rings. The molecule has 0 bridgehead atoms. The average molecular weight is 301 g/mol. The molecule has 1 heterocycles. The number of nitrogens with one attached hydrogen (secondary N) is 1. The van der Waals surface area contributed by atoms with E-state index in [9.17, 15) is 4.79 Å². The molecule has 4 nitrogen and oxygen atoms in total. The first kappa shape index (κ1) is 14.9. The summed E-state index contributed by atoms with van der Waals surface area (Å²) >= 11 is 0. The molecule has 118 valence electrons. The number of para-hydroxylation sites is 1. The van der Waals surface area contributed by atoms with E-state index in [1.807, 2.05) is 18.2 Å². The van der Waals surface area contributed by atoms with Crippen LogP contribution in [-0.4, -0.2) is 26.2 Å². The van der Waals surface area contributed by atoms with Crippen molar-refractivity contribution >= 4 is 5.91 Å². The Morgan fingerprint density at radius 2 is 2.32 bits per heavy atom. The molecule has 0 radical (unpaired) electrons. The van der Waals surface area contributed by atoms with Gasteiger partial charge in [0.1, 0.15) is 6.61 Å². The fourth-order valence-electron chi connectivity index (χ4n) is 3.13. The molecule has 1 aromatic carbocycles. The summed E-state index contributed by atoms with van der Waals surface area (Å²) in [5.41, 5.74) is 2.40. The van der Waals surface area contributed by atoms with Crippen LogP contribution in [0.5, 0.6) is 11.5 Å². The van der Waals surface area contributed by atoms with E-state index in [0.717, 1.165) is 29.9 Å². The third-order valence-electron chi connectivity index (χ3n) is 4.42. The number of ether oxygens (including phenoxy) is 2. The molecule has 0 aromatic heterocycles. The maximum Gasteiger partial charge on any atom is 0.227 e. The second-order valence-electron chi connectivity index (χ2n) is 5.99. The Morgan fingerprint density at radius 1 is 1.41 bits per heavy atom. The monoisotopic (exact) mass is 301 g/mol. The lowest BCUT2D eigenvalue weighted by atomic mass is 9.95. The molecule has 0 saturated carbocycles. The topological polar surface area (TPSA) is 47.6 Å². The standard InChI is InChI=1S/C18H23NO3/c1-21-16-9-5-8-14-10-15(12-22-17(14)16)18(20)19-11-13-6-3-2-4-7-13/h5-6,8-9,15H,2-4,7,10-12H2,1H3,(H,19,20)/t15-/m1/s1. The smallest absolute Gasteiger partial charge is 0.227 e. The van der Waals surface area contributed by atoms with Gasteiger partial charge in [-0.05, 0) is 43.7 Å². The lowest BCUT2D eigenvalue weighted by molar-refractivity contribution is -0.126. The molecule has 3 rings (SSSR count). The molecule has 1 aliphatic carbocycles. The van der Waals surface area contributed by atoms with Gasteiger partial charge in [-0.25, -0.2) is 0 Å². The number of carbonyl (C=O) groups excluding carboxylic acids is 1. The fourth-order valence-corrected chi connectivity index (χ4v) is 3.13. The summed E-state index contributed by atoms with van der Waals surface area (Å²) in [6, 6.07) is 5.82. The van der Waals surface area contributed by atoms with E-state index in [1.165, 1.54) is 18.4 Å². The van der Waals surface area contributed by atoms with Gasteiger partial charge in [-0.1, -0.05) is 23.8 Å². The quantitative estimate of drug-likeness (QED) is 0.870. The first-order valence-electron chi connectivity index (χ1n) is 8.02. The number of rotatable bonds is 4. The van der Waals surface area contributed by atoms with Gasteiger partial charge in [0.25, 0.3) is 0 Å². The summed E-state index contributed by atoms with van der Waals surface area (Å²) in [4.78, 5) is 12.4. The van der Waals surface area contributed by atoms with Gasteiger partial charge in [0, 0.05) is 6.54 Å². The van der Waals surface area contributed by atoms with Crippen molar-refractivity contribution in [3.8, 4) is 11.5 Å². The van der Waals surface area contributed by atoms with E-state index in [2.05, 4.69) is 11.4 Å². The van der Waals surface area contributed by atoms with Crippen LogP contribution in [0.3, 0.4) is 0 Å². The van der Waals surface area contributed by atoms with E-state index in [-0.39, 0.29) is 11.8 Å². The van der Waals surface area contributed by atoms with Gasteiger partial charge in [0.2, 0.25) is 5.91 Å². The minimum atomic E-state index is -0.121. The first-order valence-corrected chi connectivity index (χ1v) is 8.02. The SMILES string of the molecule is COc1cccc2c1OC[C@H](C(=O)NCC1=CCCCC1)C2. The summed E-state index contributed by atoms with van der Waals surface area (Å²) in [5.74, 6) is 1.48. The lowest BCUT2D eigenvalue weighted by Gasteiger charge is -2.26. The number of methoxy groups -OCH3 is 1. The molecule has 0 saturated heterocycles. The molecule has 0 spiro atoms. The highest BCUT2D eigenvalue weighted by Gasteiger charge is 2.27. The van der Waals surface area contributed by atoms with Crippen molar-refractivity contribution in [1.29, 1.82) is 0 Å². The Balaban J connectivity index is 1.59. The normalized spacial score (nSPS) is 20.4. The van der Waals surface area contributed by atoms with Crippen molar-refractivity contribution in [2.24, 2.45) is 5.92 Å². The summed E-state index contributed by atoms with van der Waals surface area (Å²) in [6.07, 6.45) is 7.74. The molecular weight excluding hydrogens is 278 g/mol. The molecular formula is C18H23NO3. The Kier molecular flexibility index (Phi) is 4.66. The summed E-state index contributed by atoms with van der Waals surface area (Å²) in [7, 11) is 1.63. The van der Waals surface area contributed by atoms with E-state index in [4.69, 9.17) is 9.47 Å². The number of carbonyl (C=O) groups is 1. The Labute approximate surface area is 131 Å². The van der Waals surface area contributed by atoms with Crippen molar-refractivity contribution in [3.05, 3.63) is 35.4 Å². The maximum absolute atomic E-state index is 12.4. The minimum Gasteiger partial charge on any atom is -0.493 e. The van der Waals surface area contributed by atoms with Gasteiger partial charge < -0.3 is 14.8 Å². The minimum absolute atomic E-state index is 0.0833. The van der Waals surface area contributed by atoms with Gasteiger partial charge in [0.05, 0.1) is 13.0 Å². The van der Waals surface area contributed by atoms with Crippen molar-refractivity contribution in [1.82, 2.24) is 5.32 Å². The van der Waals surface area contributed by atoms with Crippen LogP contribution in [0, 0.1) is 5.92 Å². The Hall–Kier alpha value is -1.97. The predicted molar refractivity (Wildman–Crippen MR) is 85.2 cm³/mol. The van der Waals surface area contributed by atoms with E-state index in [0.29, 0.717) is 19.6 Å². The third-order valence-corrected chi connectivity index (χ3v) is 4.42. The Morgan fingerprint density at radius 3 is 3.09 bits per heavy atom. The van der Waals surface area contributed by atoms with Gasteiger partial charge in [0.15, 0.2) is 11.5 Å². The zero-order valence-corrected chi connectivity index (χ0v) is 13.1. The second-order valence-corrected chi connectivity index (χ2v) is 5.99. The van der Waals surface area contributed by atoms with Crippen LogP contribution >= 0.6 is 0 Å². The molecule has 2 aliphatic rings. The number of amides is 1. The highest BCUT2D eigenvalue weighted by Crippen LogP contribution is 2.36. The van der Waals surface area contributed by atoms with E-state index >= 15 is 0 Å². The summed E-state index contributed by atoms with van der Waals surface area (Å²) < 4.78 is 11.1. The van der Waals surface area contributed by atoms with Crippen molar-refractivity contribution in [2.75, 3.05) is 20.3 Å². The second kappa shape index (κ2) is 6.86. The zero-order chi connectivity index (χ0) is 15.4. The third kappa shape index (κ3) is 3.26. The largest absolute Gasteiger partial charge is 0.493 e. The molecule has 1 atom stereocenters. The average Bonchev–Trinajstić information content (AvgIpc) is 2.59. The van der Waals surface area contributed by atoms with Crippen LogP contribution in [0.4, 0.5) is 0 Å². The zero-order valence-electron chi connectivity index (χ0n) is 13.1. The van der Waals surface area contributed by atoms with Crippen molar-refractivity contribution in [3.63, 3.8) is 0 Å². The molecule has 22 heavy (non-hydrogen) atoms. The van der Waals surface area contributed by atoms with Crippen LogP contribution in [0.2, 0.25) is 0 Å². The number of hydrogen-bond donors (Lipinski definition) is 1. The molecule has 0 unspecified atom stereocenters. The Bertz CT molecular complexity index is 580. The highest BCUT2D eigenvalue weighted by atomic mass is 16.5. The van der Waals surface area contributed by atoms with Gasteiger partial charge >= 0.3 is 0 Å². The lowest BCUT2D eigenvalue weighted by Crippen LogP contribution is -2.38. The van der Waals surface area contributed by atoms with Crippen LogP contribution < -0.4 is 14.8 Å².